The number of carbonyl (C=O) groups excluding carboxylic acids is 3. The molecule has 0 aromatic heterocycles. The maximum Gasteiger partial charge on any atom is 1.00 e. The zero-order valence-electron chi connectivity index (χ0n) is 17.5. The van der Waals surface area contributed by atoms with Gasteiger partial charge in [-0.1, -0.05) is 71.1 Å². The average molecular weight is 434 g/mol. The van der Waals surface area contributed by atoms with Crippen LogP contribution in [0.2, 0.25) is 0 Å². The van der Waals surface area contributed by atoms with Crippen molar-refractivity contribution in [2.45, 2.75) is 103 Å². The van der Waals surface area contributed by atoms with Gasteiger partial charge in [0, 0.05) is 12.4 Å². The van der Waals surface area contributed by atoms with Gasteiger partial charge in [0.15, 0.2) is 0 Å². The van der Waals surface area contributed by atoms with Gasteiger partial charge in [-0.3, -0.25) is 4.79 Å². The number of hydrogen-bond donors (Lipinski definition) is 1. The van der Waals surface area contributed by atoms with E-state index in [4.69, 9.17) is 0 Å². The van der Waals surface area contributed by atoms with E-state index in [1.807, 2.05) is 0 Å². The van der Waals surface area contributed by atoms with Crippen LogP contribution in [0.4, 0.5) is 0 Å². The summed E-state index contributed by atoms with van der Waals surface area (Å²) >= 11 is 0. The first-order valence-corrected chi connectivity index (χ1v) is 9.67. The van der Waals surface area contributed by atoms with E-state index in [9.17, 15) is 24.6 Å². The van der Waals surface area contributed by atoms with Gasteiger partial charge in [-0.15, -0.1) is 0 Å². The molecule has 6 nitrogen and oxygen atoms in total. The Balaban J connectivity index is -0.00000288. The Morgan fingerprint density at radius 1 is 0.741 bits per heavy atom. The van der Waals surface area contributed by atoms with Crippen LogP contribution in [0, 0.1) is 0 Å². The number of unbranched alkanes of at least 4 members (excludes halogenated alkanes) is 10. The summed E-state index contributed by atoms with van der Waals surface area (Å²) in [7, 11) is 0. The molecule has 0 radical (unpaired) electrons. The molecule has 0 fully saturated rings. The Kier molecular flexibility index (Phi) is 29.6. The second-order valence-corrected chi connectivity index (χ2v) is 6.64. The predicted octanol–water partition coefficient (Wildman–Crippen LogP) is -4.54. The molecule has 0 aromatic carbocycles. The van der Waals surface area contributed by atoms with Crippen LogP contribution in [-0.4, -0.2) is 23.9 Å². The van der Waals surface area contributed by atoms with E-state index in [1.54, 1.807) is 0 Å². The van der Waals surface area contributed by atoms with Gasteiger partial charge in [-0.2, -0.15) is 0 Å². The van der Waals surface area contributed by atoms with E-state index in [0.717, 1.165) is 12.8 Å². The zero-order chi connectivity index (χ0) is 18.9. The summed E-state index contributed by atoms with van der Waals surface area (Å²) in [4.78, 5) is 32.9. The minimum Gasteiger partial charge on any atom is -0.550 e. The third kappa shape index (κ3) is 23.8. The second-order valence-electron chi connectivity index (χ2n) is 6.64. The molecule has 1 atom stereocenters. The van der Waals surface area contributed by atoms with Crippen LogP contribution in [0.15, 0.2) is 0 Å². The van der Waals surface area contributed by atoms with Crippen molar-refractivity contribution < 1.29 is 127 Å². The van der Waals surface area contributed by atoms with E-state index < -0.39 is 24.4 Å². The molecule has 27 heavy (non-hydrogen) atoms. The first-order valence-electron chi connectivity index (χ1n) is 9.67. The molecule has 0 spiro atoms. The van der Waals surface area contributed by atoms with Gasteiger partial charge >= 0.3 is 103 Å². The van der Waals surface area contributed by atoms with Crippen LogP contribution in [0.3, 0.4) is 0 Å². The summed E-state index contributed by atoms with van der Waals surface area (Å²) < 4.78 is 0. The number of amides is 1. The van der Waals surface area contributed by atoms with Crippen LogP contribution in [-0.2, 0) is 14.4 Å². The van der Waals surface area contributed by atoms with Crippen molar-refractivity contribution in [2.75, 3.05) is 0 Å². The molecule has 0 heterocycles. The largest absolute Gasteiger partial charge is 1.00 e. The van der Waals surface area contributed by atoms with Crippen molar-refractivity contribution in [2.24, 2.45) is 0 Å². The van der Waals surface area contributed by atoms with E-state index in [-0.39, 0.29) is 122 Å². The smallest absolute Gasteiger partial charge is 0.550 e. The molecule has 0 aliphatic heterocycles. The third-order valence-corrected chi connectivity index (χ3v) is 4.26. The molecule has 0 unspecified atom stereocenters. The van der Waals surface area contributed by atoms with Gasteiger partial charge in [0.2, 0.25) is 5.91 Å². The van der Waals surface area contributed by atoms with Crippen LogP contribution < -0.4 is 118 Å². The summed E-state index contributed by atoms with van der Waals surface area (Å²) in [6.45, 7) is 2.21. The van der Waals surface area contributed by atoms with Crippen LogP contribution in [0.1, 0.15) is 96.8 Å². The summed E-state index contributed by atoms with van der Waals surface area (Å²) in [5.41, 5.74) is 0. The number of aliphatic carboxylic acids is 2. The van der Waals surface area contributed by atoms with E-state index >= 15 is 0 Å². The molecule has 0 bridgehead atoms. The zero-order valence-corrected chi connectivity index (χ0v) is 23.8. The van der Waals surface area contributed by atoms with E-state index in [0.29, 0.717) is 6.42 Å². The van der Waals surface area contributed by atoms with E-state index in [2.05, 4.69) is 12.2 Å². The standard InChI is InChI=1S/C19H35NO5.2K/c1-2-3-4-5-6-7-8-9-10-11-12-13-17(21)20-16(19(24)25)14-15-18(22)23;;/h16H,2-15H2,1H3,(H,20,21)(H,22,23)(H,24,25);;/q;2*+1/p-2/t16-;;/m0../s1. The number of carboxylic acids is 2. The van der Waals surface area contributed by atoms with Gasteiger partial charge in [0.1, 0.15) is 0 Å². The van der Waals surface area contributed by atoms with Gasteiger partial charge < -0.3 is 25.1 Å². The molecule has 0 aliphatic carbocycles. The van der Waals surface area contributed by atoms with Crippen LogP contribution in [0.25, 0.3) is 0 Å². The molecule has 0 aliphatic rings. The quantitative estimate of drug-likeness (QED) is 0.184. The summed E-state index contributed by atoms with van der Waals surface area (Å²) in [6.07, 6.45) is 12.6. The van der Waals surface area contributed by atoms with Gasteiger partial charge in [-0.05, 0) is 19.3 Å². The Labute approximate surface area is 249 Å². The number of carbonyl (C=O) groups is 3. The number of rotatable bonds is 17. The Morgan fingerprint density at radius 2 is 1.19 bits per heavy atom. The first kappa shape index (κ1) is 33.3. The van der Waals surface area contributed by atoms with E-state index in [1.165, 1.54) is 51.4 Å². The molecule has 1 N–H and O–H groups in total. The van der Waals surface area contributed by atoms with Crippen molar-refractivity contribution in [3.8, 4) is 0 Å². The first-order chi connectivity index (χ1) is 12.0. The molecule has 8 heteroatoms. The van der Waals surface area contributed by atoms with Crippen molar-refractivity contribution >= 4 is 17.8 Å². The fourth-order valence-corrected chi connectivity index (χ4v) is 2.73. The van der Waals surface area contributed by atoms with Crippen LogP contribution in [0.5, 0.6) is 0 Å². The molecule has 1 amide bonds. The topological polar surface area (TPSA) is 109 Å². The van der Waals surface area contributed by atoms with Crippen molar-refractivity contribution in [3.05, 3.63) is 0 Å². The fourth-order valence-electron chi connectivity index (χ4n) is 2.73. The maximum absolute atomic E-state index is 11.7. The van der Waals surface area contributed by atoms with Gasteiger partial charge in [0.05, 0.1) is 12.0 Å². The molecule has 0 saturated carbocycles. The monoisotopic (exact) mass is 433 g/mol. The Hall–Kier alpha value is 1.68. The van der Waals surface area contributed by atoms with Crippen molar-refractivity contribution in [3.63, 3.8) is 0 Å². The van der Waals surface area contributed by atoms with Crippen molar-refractivity contribution in [1.29, 1.82) is 0 Å². The minimum absolute atomic E-state index is 0. The predicted molar refractivity (Wildman–Crippen MR) is 92.3 cm³/mol. The molecule has 0 aromatic rings. The molecular formula is C19H33K2NO5. The van der Waals surface area contributed by atoms with Gasteiger partial charge in [0.25, 0.3) is 0 Å². The molecule has 146 valence electrons. The summed E-state index contributed by atoms with van der Waals surface area (Å²) in [6, 6.07) is -1.27. The summed E-state index contributed by atoms with van der Waals surface area (Å²) in [5.74, 6) is -3.18. The van der Waals surface area contributed by atoms with Crippen molar-refractivity contribution in [1.82, 2.24) is 5.32 Å². The minimum atomic E-state index is -1.46. The maximum atomic E-state index is 11.7. The second kappa shape index (κ2) is 24.0. The van der Waals surface area contributed by atoms with Crippen LogP contribution >= 0.6 is 0 Å². The third-order valence-electron chi connectivity index (χ3n) is 4.26. The average Bonchev–Trinajstić information content (AvgIpc) is 2.56. The summed E-state index contributed by atoms with van der Waals surface area (Å²) in [5, 5.41) is 23.5. The Morgan fingerprint density at radius 3 is 1.59 bits per heavy atom. The molecule has 0 saturated heterocycles. The SMILES string of the molecule is CCCCCCCCCCCCCC(=O)N[C@@H](CCC(=O)[O-])C(=O)[O-].[K+].[K+]. The van der Waals surface area contributed by atoms with Gasteiger partial charge in [-0.25, -0.2) is 0 Å². The number of hydrogen-bond acceptors (Lipinski definition) is 5. The Bertz CT molecular complexity index is 394. The number of carboxylic acid groups (broad SMARTS) is 2. The molecule has 0 rings (SSSR count). The number of nitrogens with one attached hydrogen (secondary N) is 1. The fraction of sp³-hybridized carbons (Fsp3) is 0.842. The molecular weight excluding hydrogens is 400 g/mol. The normalized spacial score (nSPS) is 11.0.